The lowest BCUT2D eigenvalue weighted by atomic mass is 10.2. The summed E-state index contributed by atoms with van der Waals surface area (Å²) in [4.78, 5) is 0. The van der Waals surface area contributed by atoms with Crippen molar-refractivity contribution >= 4 is 11.6 Å². The van der Waals surface area contributed by atoms with Gasteiger partial charge < -0.3 is 14.0 Å². The van der Waals surface area contributed by atoms with Crippen LogP contribution in [-0.2, 0) is 16.0 Å². The topological polar surface area (TPSA) is 66.0 Å². The minimum Gasteiger partial charge on any atom is -0.375 e. The average molecular weight is 351 g/mol. The maximum Gasteiger partial charge on any atom is 0.104 e. The molecule has 1 aromatic rings. The molecule has 0 saturated carbocycles. The molecule has 6 heteroatoms. The summed E-state index contributed by atoms with van der Waals surface area (Å²) < 4.78 is 11.8. The van der Waals surface area contributed by atoms with Crippen molar-refractivity contribution in [3.05, 3.63) is 34.9 Å². The van der Waals surface area contributed by atoms with Crippen molar-refractivity contribution in [1.29, 1.82) is 10.5 Å². The van der Waals surface area contributed by atoms with Gasteiger partial charge in [-0.1, -0.05) is 23.7 Å². The molecule has 0 aliphatic rings. The zero-order valence-corrected chi connectivity index (χ0v) is 15.0. The molecule has 0 aliphatic heterocycles. The van der Waals surface area contributed by atoms with Crippen molar-refractivity contribution < 1.29 is 14.0 Å². The van der Waals surface area contributed by atoms with E-state index in [1.165, 1.54) is 5.56 Å². The van der Waals surface area contributed by atoms with Crippen LogP contribution in [0, 0.1) is 22.7 Å². The van der Waals surface area contributed by atoms with Crippen molar-refractivity contribution in [1.82, 2.24) is 0 Å². The van der Waals surface area contributed by atoms with E-state index in [-0.39, 0.29) is 0 Å². The number of rotatable bonds is 12. The van der Waals surface area contributed by atoms with E-state index in [4.69, 9.17) is 31.6 Å². The van der Waals surface area contributed by atoms with Gasteiger partial charge in [0, 0.05) is 10.6 Å². The molecule has 5 nitrogen and oxygen atoms in total. The fraction of sp³-hybridized carbons (Fsp3) is 0.556. The summed E-state index contributed by atoms with van der Waals surface area (Å²) in [7, 11) is 2.16. The van der Waals surface area contributed by atoms with Crippen LogP contribution in [0.4, 0.5) is 0 Å². The van der Waals surface area contributed by atoms with E-state index in [1.54, 1.807) is 0 Å². The molecule has 1 rings (SSSR count). The Kier molecular flexibility index (Phi) is 10.1. The third-order valence-electron chi connectivity index (χ3n) is 3.74. The highest BCUT2D eigenvalue weighted by Crippen LogP contribution is 2.15. The van der Waals surface area contributed by atoms with Crippen molar-refractivity contribution in [3.8, 4) is 12.1 Å². The van der Waals surface area contributed by atoms with Crippen LogP contribution < -0.4 is 0 Å². The third-order valence-corrected chi connectivity index (χ3v) is 4.00. The largest absolute Gasteiger partial charge is 0.375 e. The molecule has 0 heterocycles. The Hall–Kier alpha value is -1.63. The maximum absolute atomic E-state index is 8.55. The predicted molar refractivity (Wildman–Crippen MR) is 93.2 cm³/mol. The van der Waals surface area contributed by atoms with E-state index in [1.807, 2.05) is 24.3 Å². The molecule has 130 valence electrons. The summed E-state index contributed by atoms with van der Waals surface area (Å²) in [5, 5.41) is 17.8. The van der Waals surface area contributed by atoms with Crippen molar-refractivity contribution in [2.75, 3.05) is 46.6 Å². The van der Waals surface area contributed by atoms with Crippen LogP contribution in [0.15, 0.2) is 24.3 Å². The smallest absolute Gasteiger partial charge is 0.104 e. The standard InChI is InChI=1S/C18H25ClN3O2/c1-22(10-14-23-12-2-8-20,11-15-24-13-3-9-21)16-17-4-6-18(19)7-5-17/h4-7H,2-3,10-16H2,1H3/q+1. The first-order valence-electron chi connectivity index (χ1n) is 8.07. The number of nitrogens with zero attached hydrogens (tertiary/aromatic N) is 3. The fourth-order valence-electron chi connectivity index (χ4n) is 2.31. The molecule has 0 bridgehead atoms. The van der Waals surface area contributed by atoms with E-state index < -0.39 is 0 Å². The Morgan fingerprint density at radius 3 is 1.88 bits per heavy atom. The molecule has 0 saturated heterocycles. The summed E-state index contributed by atoms with van der Waals surface area (Å²) in [5.41, 5.74) is 1.20. The minimum atomic E-state index is 0.415. The van der Waals surface area contributed by atoms with Gasteiger partial charge in [0.15, 0.2) is 0 Å². The molecule has 0 spiro atoms. The summed E-state index contributed by atoms with van der Waals surface area (Å²) in [6, 6.07) is 12.0. The number of halogens is 1. The second-order valence-corrected chi connectivity index (χ2v) is 6.33. The monoisotopic (exact) mass is 350 g/mol. The number of likely N-dealkylation sites (N-methyl/N-ethyl adjacent to an activating group) is 1. The summed E-state index contributed by atoms with van der Waals surface area (Å²) in [6.45, 7) is 4.64. The quantitative estimate of drug-likeness (QED) is 0.429. The Balaban J connectivity index is 2.54. The molecule has 0 radical (unpaired) electrons. The zero-order chi connectivity index (χ0) is 17.7. The highest BCUT2D eigenvalue weighted by atomic mass is 35.5. The van der Waals surface area contributed by atoms with Gasteiger partial charge in [-0.3, -0.25) is 0 Å². The number of nitriles is 2. The van der Waals surface area contributed by atoms with Gasteiger partial charge in [0.05, 0.1) is 58.5 Å². The third kappa shape index (κ3) is 8.86. The minimum absolute atomic E-state index is 0.415. The molecule has 0 aromatic heterocycles. The first-order valence-corrected chi connectivity index (χ1v) is 8.45. The van der Waals surface area contributed by atoms with Crippen LogP contribution >= 0.6 is 11.6 Å². The number of hydrogen-bond donors (Lipinski definition) is 0. The molecule has 0 fully saturated rings. The van der Waals surface area contributed by atoms with Crippen LogP contribution in [0.3, 0.4) is 0 Å². The van der Waals surface area contributed by atoms with Crippen LogP contribution in [0.1, 0.15) is 18.4 Å². The summed E-state index contributed by atoms with van der Waals surface area (Å²) in [6.07, 6.45) is 0.830. The first kappa shape index (κ1) is 20.4. The van der Waals surface area contributed by atoms with Gasteiger partial charge in [0.2, 0.25) is 0 Å². The van der Waals surface area contributed by atoms with E-state index in [9.17, 15) is 0 Å². The molecule has 0 N–H and O–H groups in total. The van der Waals surface area contributed by atoms with E-state index in [0.29, 0.717) is 39.3 Å². The highest BCUT2D eigenvalue weighted by Gasteiger charge is 2.22. The SMILES string of the molecule is C[N+](CCOCCC#N)(CCOCCC#N)Cc1ccc(Cl)cc1. The average Bonchev–Trinajstić information content (AvgIpc) is 2.57. The van der Waals surface area contributed by atoms with Crippen molar-refractivity contribution in [2.24, 2.45) is 0 Å². The zero-order valence-electron chi connectivity index (χ0n) is 14.2. The second kappa shape index (κ2) is 11.8. The van der Waals surface area contributed by atoms with E-state index in [0.717, 1.165) is 29.1 Å². The number of quaternary nitrogens is 1. The van der Waals surface area contributed by atoms with E-state index >= 15 is 0 Å². The predicted octanol–water partition coefficient (Wildman–Crippen LogP) is 3.15. The number of ether oxygens (including phenoxy) is 2. The van der Waals surface area contributed by atoms with Gasteiger partial charge in [0.1, 0.15) is 19.6 Å². The molecular weight excluding hydrogens is 326 g/mol. The van der Waals surface area contributed by atoms with Gasteiger partial charge in [-0.05, 0) is 12.1 Å². The van der Waals surface area contributed by atoms with Crippen LogP contribution in [0.2, 0.25) is 5.02 Å². The van der Waals surface area contributed by atoms with Crippen LogP contribution in [0.25, 0.3) is 0 Å². The molecular formula is C18H25ClN3O2+. The molecule has 24 heavy (non-hydrogen) atoms. The Labute approximate surface area is 149 Å². The lowest BCUT2D eigenvalue weighted by Gasteiger charge is -2.34. The Morgan fingerprint density at radius 1 is 0.917 bits per heavy atom. The molecule has 0 aliphatic carbocycles. The first-order chi connectivity index (χ1) is 11.6. The van der Waals surface area contributed by atoms with Crippen molar-refractivity contribution in [2.45, 2.75) is 19.4 Å². The number of hydrogen-bond acceptors (Lipinski definition) is 4. The van der Waals surface area contributed by atoms with E-state index in [2.05, 4.69) is 19.2 Å². The van der Waals surface area contributed by atoms with Crippen LogP contribution in [0.5, 0.6) is 0 Å². The van der Waals surface area contributed by atoms with Gasteiger partial charge in [0.25, 0.3) is 0 Å². The van der Waals surface area contributed by atoms with Gasteiger partial charge in [-0.2, -0.15) is 10.5 Å². The van der Waals surface area contributed by atoms with Gasteiger partial charge >= 0.3 is 0 Å². The van der Waals surface area contributed by atoms with Crippen molar-refractivity contribution in [3.63, 3.8) is 0 Å². The normalized spacial score (nSPS) is 11.0. The van der Waals surface area contributed by atoms with Gasteiger partial charge in [-0.15, -0.1) is 0 Å². The lowest BCUT2D eigenvalue weighted by Crippen LogP contribution is -2.47. The molecule has 0 atom stereocenters. The fourth-order valence-corrected chi connectivity index (χ4v) is 2.44. The Bertz CT molecular complexity index is 525. The Morgan fingerprint density at radius 2 is 1.42 bits per heavy atom. The lowest BCUT2D eigenvalue weighted by molar-refractivity contribution is -0.923. The summed E-state index contributed by atoms with van der Waals surface area (Å²) >= 11 is 5.95. The highest BCUT2D eigenvalue weighted by molar-refractivity contribution is 6.30. The molecule has 1 aromatic carbocycles. The van der Waals surface area contributed by atoms with Gasteiger partial charge in [-0.25, -0.2) is 0 Å². The second-order valence-electron chi connectivity index (χ2n) is 5.89. The molecule has 0 amide bonds. The number of benzene rings is 1. The summed E-state index contributed by atoms with van der Waals surface area (Å²) in [5.74, 6) is 0. The van der Waals surface area contributed by atoms with Crippen LogP contribution in [-0.4, -0.2) is 51.0 Å². The molecule has 0 unspecified atom stereocenters. The maximum atomic E-state index is 8.55.